The zero-order chi connectivity index (χ0) is 15.7. The van der Waals surface area contributed by atoms with Gasteiger partial charge in [0.2, 0.25) is 12.1 Å². The monoisotopic (exact) mass is 296 g/mol. The summed E-state index contributed by atoms with van der Waals surface area (Å²) in [7, 11) is 0. The first-order valence-electron chi connectivity index (χ1n) is 7.14. The Morgan fingerprint density at radius 2 is 2.27 bits per heavy atom. The molecular formula is C16H16N4O2. The number of rotatable bonds is 3. The highest BCUT2D eigenvalue weighted by atomic mass is 16.5. The van der Waals surface area contributed by atoms with Crippen LogP contribution in [0, 0.1) is 11.3 Å². The second kappa shape index (κ2) is 5.53. The lowest BCUT2D eigenvalue weighted by atomic mass is 9.85. The molecule has 2 unspecified atom stereocenters. The number of nitrogens with zero attached hydrogens (tertiary/aromatic N) is 3. The van der Waals surface area contributed by atoms with E-state index >= 15 is 0 Å². The normalized spacial score (nSPS) is 23.3. The molecule has 0 saturated carbocycles. The molecule has 112 valence electrons. The Morgan fingerprint density at radius 1 is 1.45 bits per heavy atom. The van der Waals surface area contributed by atoms with E-state index in [-0.39, 0.29) is 11.6 Å². The summed E-state index contributed by atoms with van der Waals surface area (Å²) in [5.74, 6) is 0.472. The van der Waals surface area contributed by atoms with Crippen LogP contribution in [-0.4, -0.2) is 22.9 Å². The van der Waals surface area contributed by atoms with Gasteiger partial charge >= 0.3 is 0 Å². The fourth-order valence-electron chi connectivity index (χ4n) is 2.71. The van der Waals surface area contributed by atoms with Crippen molar-refractivity contribution in [3.8, 4) is 11.8 Å². The Hall–Kier alpha value is -2.81. The number of benzene rings is 1. The lowest BCUT2D eigenvalue weighted by Crippen LogP contribution is -2.34. The molecule has 1 aromatic carbocycles. The number of hydrogen-bond acceptors (Lipinski definition) is 6. The van der Waals surface area contributed by atoms with Crippen molar-refractivity contribution in [2.75, 3.05) is 0 Å². The molecule has 1 aromatic rings. The lowest BCUT2D eigenvalue weighted by Gasteiger charge is -2.27. The third kappa shape index (κ3) is 2.31. The van der Waals surface area contributed by atoms with Crippen LogP contribution in [0.25, 0.3) is 0 Å². The number of hydrogen-bond donors (Lipinski definition) is 2. The SMILES string of the molecule is CCCC1=NC2OC(N)=C(C#N)C(c3cccc(O)c3)C2=N1. The highest BCUT2D eigenvalue weighted by molar-refractivity contribution is 6.10. The van der Waals surface area contributed by atoms with Crippen molar-refractivity contribution >= 4 is 11.5 Å². The molecule has 3 rings (SSSR count). The maximum Gasteiger partial charge on any atom is 0.233 e. The van der Waals surface area contributed by atoms with Crippen molar-refractivity contribution < 1.29 is 9.84 Å². The summed E-state index contributed by atoms with van der Waals surface area (Å²) in [5, 5.41) is 19.1. The molecule has 0 aromatic heterocycles. The first-order valence-corrected chi connectivity index (χ1v) is 7.14. The molecule has 2 atom stereocenters. The maximum atomic E-state index is 9.72. The molecule has 0 saturated heterocycles. The largest absolute Gasteiger partial charge is 0.508 e. The van der Waals surface area contributed by atoms with Crippen LogP contribution in [0.4, 0.5) is 0 Å². The van der Waals surface area contributed by atoms with Crippen LogP contribution in [0.5, 0.6) is 5.75 Å². The predicted octanol–water partition coefficient (Wildman–Crippen LogP) is 2.18. The Labute approximate surface area is 128 Å². The van der Waals surface area contributed by atoms with E-state index in [2.05, 4.69) is 16.1 Å². The average Bonchev–Trinajstić information content (AvgIpc) is 2.88. The van der Waals surface area contributed by atoms with Gasteiger partial charge in [-0.25, -0.2) is 9.98 Å². The average molecular weight is 296 g/mol. The summed E-state index contributed by atoms with van der Waals surface area (Å²) in [6.45, 7) is 2.05. The third-order valence-electron chi connectivity index (χ3n) is 3.66. The van der Waals surface area contributed by atoms with E-state index in [1.807, 2.05) is 13.0 Å². The molecule has 6 heteroatoms. The number of amidine groups is 1. The summed E-state index contributed by atoms with van der Waals surface area (Å²) in [6, 6.07) is 8.84. The molecule has 0 radical (unpaired) electrons. The quantitative estimate of drug-likeness (QED) is 0.891. The minimum Gasteiger partial charge on any atom is -0.508 e. The Kier molecular flexibility index (Phi) is 3.55. The molecule has 3 N–H and O–H groups in total. The first kappa shape index (κ1) is 14.1. The highest BCUT2D eigenvalue weighted by Gasteiger charge is 2.40. The van der Waals surface area contributed by atoms with Gasteiger partial charge < -0.3 is 15.6 Å². The van der Waals surface area contributed by atoms with Crippen LogP contribution in [0.1, 0.15) is 31.2 Å². The summed E-state index contributed by atoms with van der Waals surface area (Å²) in [5.41, 5.74) is 7.58. The van der Waals surface area contributed by atoms with Crippen LogP contribution < -0.4 is 5.73 Å². The second-order valence-electron chi connectivity index (χ2n) is 5.22. The predicted molar refractivity (Wildman–Crippen MR) is 82.3 cm³/mol. The van der Waals surface area contributed by atoms with Gasteiger partial charge in [0.05, 0.1) is 11.6 Å². The molecule has 2 heterocycles. The Balaban J connectivity index is 2.09. The first-order chi connectivity index (χ1) is 10.6. The molecular weight excluding hydrogens is 280 g/mol. The Morgan fingerprint density at radius 3 is 2.95 bits per heavy atom. The van der Waals surface area contributed by atoms with Gasteiger partial charge in [0.25, 0.3) is 0 Å². The zero-order valence-electron chi connectivity index (χ0n) is 12.2. The van der Waals surface area contributed by atoms with Gasteiger partial charge in [-0.05, 0) is 24.1 Å². The van der Waals surface area contributed by atoms with Crippen molar-refractivity contribution in [1.29, 1.82) is 5.26 Å². The fraction of sp³-hybridized carbons (Fsp3) is 0.312. The molecule has 0 bridgehead atoms. The van der Waals surface area contributed by atoms with E-state index < -0.39 is 12.1 Å². The lowest BCUT2D eigenvalue weighted by molar-refractivity contribution is 0.163. The number of nitriles is 1. The number of fused-ring (bicyclic) bond motifs is 1. The van der Waals surface area contributed by atoms with E-state index in [1.165, 1.54) is 0 Å². The van der Waals surface area contributed by atoms with Gasteiger partial charge in [0.1, 0.15) is 23.2 Å². The Bertz CT molecular complexity index is 743. The summed E-state index contributed by atoms with van der Waals surface area (Å²) in [4.78, 5) is 8.96. The third-order valence-corrected chi connectivity index (χ3v) is 3.66. The number of aromatic hydroxyl groups is 1. The molecule has 22 heavy (non-hydrogen) atoms. The molecule has 0 fully saturated rings. The van der Waals surface area contributed by atoms with Gasteiger partial charge in [0, 0.05) is 6.42 Å². The molecule has 2 aliphatic heterocycles. The van der Waals surface area contributed by atoms with Crippen molar-refractivity contribution in [2.45, 2.75) is 31.9 Å². The van der Waals surface area contributed by atoms with Crippen molar-refractivity contribution in [2.24, 2.45) is 15.7 Å². The number of phenols is 1. The molecule has 0 spiro atoms. The number of nitrogens with two attached hydrogens (primary N) is 1. The second-order valence-corrected chi connectivity index (χ2v) is 5.22. The van der Waals surface area contributed by atoms with E-state index in [1.54, 1.807) is 18.2 Å². The van der Waals surface area contributed by atoms with Crippen LogP contribution in [0.2, 0.25) is 0 Å². The fourth-order valence-corrected chi connectivity index (χ4v) is 2.71. The molecule has 0 amide bonds. The van der Waals surface area contributed by atoms with E-state index in [4.69, 9.17) is 10.5 Å². The summed E-state index contributed by atoms with van der Waals surface area (Å²) >= 11 is 0. The van der Waals surface area contributed by atoms with Gasteiger partial charge in [-0.15, -0.1) is 0 Å². The van der Waals surface area contributed by atoms with E-state index in [9.17, 15) is 10.4 Å². The topological polar surface area (TPSA) is 104 Å². The number of aliphatic imine (C=N–C) groups is 2. The van der Waals surface area contributed by atoms with Gasteiger partial charge in [-0.3, -0.25) is 0 Å². The van der Waals surface area contributed by atoms with E-state index in [0.29, 0.717) is 17.1 Å². The van der Waals surface area contributed by atoms with Crippen LogP contribution in [-0.2, 0) is 4.74 Å². The summed E-state index contributed by atoms with van der Waals surface area (Å²) in [6.07, 6.45) is 1.09. The minimum absolute atomic E-state index is 0.0706. The van der Waals surface area contributed by atoms with Crippen LogP contribution in [0.15, 0.2) is 45.7 Å². The van der Waals surface area contributed by atoms with E-state index in [0.717, 1.165) is 18.4 Å². The smallest absolute Gasteiger partial charge is 0.233 e. The molecule has 6 nitrogen and oxygen atoms in total. The van der Waals surface area contributed by atoms with Gasteiger partial charge in [-0.2, -0.15) is 5.26 Å². The number of allylic oxidation sites excluding steroid dienone is 1. The van der Waals surface area contributed by atoms with Crippen molar-refractivity contribution in [1.82, 2.24) is 0 Å². The minimum atomic E-state index is -0.578. The van der Waals surface area contributed by atoms with Crippen molar-refractivity contribution in [3.63, 3.8) is 0 Å². The van der Waals surface area contributed by atoms with Gasteiger partial charge in [-0.1, -0.05) is 19.1 Å². The zero-order valence-corrected chi connectivity index (χ0v) is 12.2. The number of ether oxygens (including phenoxy) is 1. The van der Waals surface area contributed by atoms with Crippen LogP contribution >= 0.6 is 0 Å². The van der Waals surface area contributed by atoms with Gasteiger partial charge in [0.15, 0.2) is 0 Å². The maximum absolute atomic E-state index is 9.72. The summed E-state index contributed by atoms with van der Waals surface area (Å²) < 4.78 is 5.53. The number of phenolic OH excluding ortho intramolecular Hbond substituents is 1. The molecule has 0 aliphatic carbocycles. The van der Waals surface area contributed by atoms with Crippen molar-refractivity contribution in [3.05, 3.63) is 41.3 Å². The molecule has 2 aliphatic rings. The van der Waals surface area contributed by atoms with Crippen LogP contribution in [0.3, 0.4) is 0 Å². The standard InChI is InChI=1S/C16H16N4O2/c1-2-4-12-19-14-13(9-5-3-6-10(21)7-9)11(8-17)15(18)22-16(14)20-12/h3,5-7,13,16,21H,2,4,18H2,1H3. The highest BCUT2D eigenvalue weighted by Crippen LogP contribution is 2.37.